The van der Waals surface area contributed by atoms with Crippen molar-refractivity contribution in [2.24, 2.45) is 4.99 Å². The highest BCUT2D eigenvalue weighted by molar-refractivity contribution is 5.95. The van der Waals surface area contributed by atoms with E-state index in [2.05, 4.69) is 10.3 Å². The number of amidine groups is 1. The summed E-state index contributed by atoms with van der Waals surface area (Å²) in [7, 11) is 1.96. The molecule has 0 unspecified atom stereocenters. The predicted octanol–water partition coefficient (Wildman–Crippen LogP) is 3.13. The van der Waals surface area contributed by atoms with Gasteiger partial charge in [0, 0.05) is 25.0 Å². The molecule has 19 heavy (non-hydrogen) atoms. The van der Waals surface area contributed by atoms with Crippen molar-refractivity contribution < 1.29 is 9.53 Å². The summed E-state index contributed by atoms with van der Waals surface area (Å²) in [6, 6.07) is 7.52. The minimum Gasteiger partial charge on any atom is -0.450 e. The number of nitrogens with one attached hydrogen (secondary N) is 1. The Labute approximate surface area is 114 Å². The summed E-state index contributed by atoms with van der Waals surface area (Å²) in [5.74, 6) is 0.952. The first-order valence-electron chi connectivity index (χ1n) is 6.37. The zero-order chi connectivity index (χ0) is 14.3. The van der Waals surface area contributed by atoms with Gasteiger partial charge in [0.15, 0.2) is 0 Å². The third kappa shape index (κ3) is 4.62. The molecule has 1 N–H and O–H groups in total. The molecule has 1 aromatic rings. The second kappa shape index (κ2) is 7.41. The molecular formula is C14H21N3O2. The van der Waals surface area contributed by atoms with E-state index in [0.29, 0.717) is 12.3 Å². The normalized spacial score (nSPS) is 11.1. The number of hydrogen-bond acceptors (Lipinski definition) is 3. The number of carbonyl (C=O) groups excluding carboxylic acids is 1. The molecule has 104 valence electrons. The van der Waals surface area contributed by atoms with Gasteiger partial charge in [0.05, 0.1) is 12.4 Å². The van der Waals surface area contributed by atoms with Crippen molar-refractivity contribution in [2.45, 2.75) is 20.8 Å². The Kier molecular flexibility index (Phi) is 5.85. The quantitative estimate of drug-likeness (QED) is 0.670. The molecule has 0 aromatic heterocycles. The van der Waals surface area contributed by atoms with E-state index in [1.807, 2.05) is 50.1 Å². The Morgan fingerprint density at radius 3 is 2.47 bits per heavy atom. The number of rotatable bonds is 4. The number of benzene rings is 1. The first-order chi connectivity index (χ1) is 9.08. The van der Waals surface area contributed by atoms with Gasteiger partial charge < -0.3 is 9.64 Å². The minimum atomic E-state index is -0.438. The van der Waals surface area contributed by atoms with Crippen LogP contribution in [-0.4, -0.2) is 32.1 Å². The van der Waals surface area contributed by atoms with Crippen molar-refractivity contribution in [3.63, 3.8) is 0 Å². The first-order valence-corrected chi connectivity index (χ1v) is 6.37. The Balaban J connectivity index is 2.71. The van der Waals surface area contributed by atoms with E-state index in [1.54, 1.807) is 6.92 Å². The van der Waals surface area contributed by atoms with E-state index in [0.717, 1.165) is 18.1 Å². The van der Waals surface area contributed by atoms with Gasteiger partial charge in [-0.2, -0.15) is 0 Å². The second-order valence-corrected chi connectivity index (χ2v) is 3.97. The SMILES string of the molecule is CCN=C(C)N(C)c1ccc(NC(=O)OCC)cc1. The van der Waals surface area contributed by atoms with Crippen LogP contribution in [0, 0.1) is 0 Å². The van der Waals surface area contributed by atoms with Crippen LogP contribution in [0.4, 0.5) is 16.2 Å². The van der Waals surface area contributed by atoms with Crippen LogP contribution in [0.2, 0.25) is 0 Å². The van der Waals surface area contributed by atoms with Crippen molar-refractivity contribution in [1.29, 1.82) is 0 Å². The van der Waals surface area contributed by atoms with Crippen LogP contribution in [0.5, 0.6) is 0 Å². The van der Waals surface area contributed by atoms with Crippen LogP contribution in [0.3, 0.4) is 0 Å². The lowest BCUT2D eigenvalue weighted by Gasteiger charge is -2.19. The molecule has 0 aliphatic rings. The number of carbonyl (C=O) groups is 1. The zero-order valence-corrected chi connectivity index (χ0v) is 11.9. The van der Waals surface area contributed by atoms with Crippen LogP contribution in [0.25, 0.3) is 0 Å². The van der Waals surface area contributed by atoms with Crippen LogP contribution in [-0.2, 0) is 4.74 Å². The number of aliphatic imine (C=N–C) groups is 1. The molecular weight excluding hydrogens is 242 g/mol. The van der Waals surface area contributed by atoms with Gasteiger partial charge in [0.1, 0.15) is 0 Å². The average Bonchev–Trinajstić information content (AvgIpc) is 2.39. The smallest absolute Gasteiger partial charge is 0.411 e. The maximum Gasteiger partial charge on any atom is 0.411 e. The second-order valence-electron chi connectivity index (χ2n) is 3.97. The number of amides is 1. The molecule has 0 aliphatic carbocycles. The van der Waals surface area contributed by atoms with Crippen molar-refractivity contribution >= 4 is 23.3 Å². The van der Waals surface area contributed by atoms with Crippen molar-refractivity contribution in [1.82, 2.24) is 0 Å². The van der Waals surface area contributed by atoms with Gasteiger partial charge in [-0.3, -0.25) is 10.3 Å². The Bertz CT molecular complexity index is 441. The van der Waals surface area contributed by atoms with E-state index >= 15 is 0 Å². The molecule has 1 rings (SSSR count). The lowest BCUT2D eigenvalue weighted by molar-refractivity contribution is 0.168. The summed E-state index contributed by atoms with van der Waals surface area (Å²) in [6.45, 7) is 6.86. The zero-order valence-electron chi connectivity index (χ0n) is 11.9. The van der Waals surface area contributed by atoms with Crippen LogP contribution < -0.4 is 10.2 Å². The van der Waals surface area contributed by atoms with Crippen LogP contribution >= 0.6 is 0 Å². The molecule has 5 heteroatoms. The summed E-state index contributed by atoms with van der Waals surface area (Å²) < 4.78 is 4.81. The van der Waals surface area contributed by atoms with Gasteiger partial charge in [-0.05, 0) is 45.0 Å². The average molecular weight is 263 g/mol. The Hall–Kier alpha value is -2.04. The molecule has 0 spiro atoms. The van der Waals surface area contributed by atoms with Gasteiger partial charge in [-0.15, -0.1) is 0 Å². The monoisotopic (exact) mass is 263 g/mol. The van der Waals surface area contributed by atoms with Crippen LogP contribution in [0.15, 0.2) is 29.3 Å². The summed E-state index contributed by atoms with van der Waals surface area (Å²) >= 11 is 0. The molecule has 1 aromatic carbocycles. The van der Waals surface area contributed by atoms with E-state index in [9.17, 15) is 4.79 Å². The van der Waals surface area contributed by atoms with Gasteiger partial charge in [0.25, 0.3) is 0 Å². The molecule has 0 radical (unpaired) electrons. The minimum absolute atomic E-state index is 0.360. The molecule has 0 heterocycles. The number of ether oxygens (including phenoxy) is 1. The number of hydrogen-bond donors (Lipinski definition) is 1. The van der Waals surface area contributed by atoms with Crippen molar-refractivity contribution in [2.75, 3.05) is 30.4 Å². The van der Waals surface area contributed by atoms with Crippen molar-refractivity contribution in [3.8, 4) is 0 Å². The van der Waals surface area contributed by atoms with Gasteiger partial charge >= 0.3 is 6.09 Å². The number of nitrogens with zero attached hydrogens (tertiary/aromatic N) is 2. The number of anilines is 2. The van der Waals surface area contributed by atoms with E-state index in [4.69, 9.17) is 4.74 Å². The first kappa shape index (κ1) is 15.0. The van der Waals surface area contributed by atoms with Crippen molar-refractivity contribution in [3.05, 3.63) is 24.3 Å². The van der Waals surface area contributed by atoms with Gasteiger partial charge in [0.2, 0.25) is 0 Å². The predicted molar refractivity (Wildman–Crippen MR) is 79.1 cm³/mol. The van der Waals surface area contributed by atoms with E-state index < -0.39 is 6.09 Å². The van der Waals surface area contributed by atoms with E-state index in [1.165, 1.54) is 0 Å². The Morgan fingerprint density at radius 1 is 1.32 bits per heavy atom. The molecule has 0 saturated carbocycles. The van der Waals surface area contributed by atoms with Crippen LogP contribution in [0.1, 0.15) is 20.8 Å². The largest absolute Gasteiger partial charge is 0.450 e. The lowest BCUT2D eigenvalue weighted by Crippen LogP contribution is -2.23. The fourth-order valence-corrected chi connectivity index (χ4v) is 1.58. The summed E-state index contributed by atoms with van der Waals surface area (Å²) in [4.78, 5) is 17.6. The highest BCUT2D eigenvalue weighted by atomic mass is 16.5. The fourth-order valence-electron chi connectivity index (χ4n) is 1.58. The highest BCUT2D eigenvalue weighted by Gasteiger charge is 2.05. The Morgan fingerprint density at radius 2 is 1.95 bits per heavy atom. The molecule has 0 saturated heterocycles. The topological polar surface area (TPSA) is 53.9 Å². The summed E-state index contributed by atoms with van der Waals surface area (Å²) in [5, 5.41) is 2.65. The summed E-state index contributed by atoms with van der Waals surface area (Å²) in [5.41, 5.74) is 1.73. The molecule has 0 aliphatic heterocycles. The standard InChI is InChI=1S/C14H21N3O2/c1-5-15-11(3)17(4)13-9-7-12(8-10-13)16-14(18)19-6-2/h7-10H,5-6H2,1-4H3,(H,16,18). The van der Waals surface area contributed by atoms with E-state index in [-0.39, 0.29) is 0 Å². The van der Waals surface area contributed by atoms with Gasteiger partial charge in [-0.25, -0.2) is 4.79 Å². The maximum absolute atomic E-state index is 11.3. The molecule has 1 amide bonds. The third-order valence-electron chi connectivity index (χ3n) is 2.65. The molecule has 0 atom stereocenters. The summed E-state index contributed by atoms with van der Waals surface area (Å²) in [6.07, 6.45) is -0.438. The highest BCUT2D eigenvalue weighted by Crippen LogP contribution is 2.17. The lowest BCUT2D eigenvalue weighted by atomic mass is 10.2. The molecule has 0 fully saturated rings. The molecule has 5 nitrogen and oxygen atoms in total. The third-order valence-corrected chi connectivity index (χ3v) is 2.65. The van der Waals surface area contributed by atoms with Gasteiger partial charge in [-0.1, -0.05) is 0 Å². The fraction of sp³-hybridized carbons (Fsp3) is 0.429. The molecule has 0 bridgehead atoms. The maximum atomic E-state index is 11.3.